The van der Waals surface area contributed by atoms with E-state index in [0.29, 0.717) is 60.7 Å². The SMILES string of the molecule is COc1c(N2CCC(C)(C[As](C)C(CC#N)C(C#N)CNCC3(C)CCN(c4c(F)cc5c(=O)[nH]c(=O)n(C6CC6)c5c4C)C3)C2)c(F)cc2c(=O)n(N)c(=O)n(C3CC3)c12. The van der Waals surface area contributed by atoms with E-state index in [1.807, 2.05) is 9.80 Å². The summed E-state index contributed by atoms with van der Waals surface area (Å²) in [5.41, 5.74) is 1.10. The fraction of sp³-hybridized carbons (Fsp3) is 0.581. The predicted molar refractivity (Wildman–Crippen MR) is 231 cm³/mol. The fourth-order valence-electron chi connectivity index (χ4n) is 10.2. The Labute approximate surface area is 355 Å². The molecule has 5 unspecified atom stereocenters. The molecule has 5 atom stereocenters. The maximum absolute atomic E-state index is 16.1. The molecular weight excluding hydrogens is 849 g/mol. The van der Waals surface area contributed by atoms with E-state index < -0.39 is 54.7 Å². The Morgan fingerprint density at radius 2 is 1.56 bits per heavy atom. The molecule has 0 radical (unpaired) electrons. The van der Waals surface area contributed by atoms with Gasteiger partial charge in [0.1, 0.15) is 0 Å². The molecule has 2 saturated heterocycles. The van der Waals surface area contributed by atoms with Crippen LogP contribution in [0, 0.1) is 58.0 Å². The molecule has 4 fully saturated rings. The van der Waals surface area contributed by atoms with E-state index in [0.717, 1.165) is 49.8 Å². The molecular formula is C43H53AsF2N10O5. The minimum absolute atomic E-state index is 0.00885. The second kappa shape index (κ2) is 16.0. The van der Waals surface area contributed by atoms with Gasteiger partial charge in [-0.05, 0) is 12.8 Å². The molecule has 61 heavy (non-hydrogen) atoms. The summed E-state index contributed by atoms with van der Waals surface area (Å²) in [6.07, 6.45) is 4.87. The molecule has 2 aromatic carbocycles. The first-order valence-electron chi connectivity index (χ1n) is 21.0. The number of anilines is 2. The van der Waals surface area contributed by atoms with Gasteiger partial charge in [0.05, 0.1) is 0 Å². The topological polar surface area (TPSA) is 200 Å². The van der Waals surface area contributed by atoms with Gasteiger partial charge in [0.25, 0.3) is 5.56 Å². The summed E-state index contributed by atoms with van der Waals surface area (Å²) in [7, 11) is 1.41. The van der Waals surface area contributed by atoms with Crippen LogP contribution in [0.5, 0.6) is 5.75 Å². The van der Waals surface area contributed by atoms with Crippen molar-refractivity contribution >= 4 is 47.8 Å². The van der Waals surface area contributed by atoms with Gasteiger partial charge in [-0.3, -0.25) is 9.78 Å². The summed E-state index contributed by atoms with van der Waals surface area (Å²) in [5, 5.41) is 25.0. The number of hydrogen-bond donors (Lipinski definition) is 3. The first-order chi connectivity index (χ1) is 29.0. The molecule has 8 rings (SSSR count). The molecule has 18 heteroatoms. The number of benzene rings is 2. The first kappa shape index (κ1) is 42.6. The van der Waals surface area contributed by atoms with Crippen LogP contribution in [0.3, 0.4) is 0 Å². The number of rotatable bonds is 14. The molecule has 4 aliphatic rings. The van der Waals surface area contributed by atoms with Gasteiger partial charge in [0.15, 0.2) is 0 Å². The van der Waals surface area contributed by atoms with Crippen LogP contribution in [0.1, 0.15) is 76.4 Å². The Kier molecular flexibility index (Phi) is 11.1. The third-order valence-electron chi connectivity index (χ3n) is 13.5. The van der Waals surface area contributed by atoms with Crippen LogP contribution >= 0.6 is 0 Å². The van der Waals surface area contributed by atoms with Crippen molar-refractivity contribution in [2.45, 2.75) is 93.4 Å². The van der Waals surface area contributed by atoms with Crippen molar-refractivity contribution in [3.05, 3.63) is 71.0 Å². The number of halogens is 2. The second-order valence-electron chi connectivity index (χ2n) is 18.5. The number of aromatic nitrogens is 4. The van der Waals surface area contributed by atoms with Crippen LogP contribution in [-0.2, 0) is 0 Å². The number of hydrogen-bond acceptors (Lipinski definition) is 11. The number of aryl methyl sites for hydroxylation is 1. The number of nitrogens with zero attached hydrogens (tertiary/aromatic N) is 7. The molecule has 2 aliphatic carbocycles. The van der Waals surface area contributed by atoms with Gasteiger partial charge in [-0.25, -0.2) is 4.79 Å². The Bertz CT molecular complexity index is 2770. The number of nitrogens with two attached hydrogens (primary N) is 1. The van der Waals surface area contributed by atoms with Crippen LogP contribution in [-0.4, -0.2) is 79.8 Å². The van der Waals surface area contributed by atoms with Gasteiger partial charge in [0.2, 0.25) is 0 Å². The average Bonchev–Trinajstić information content (AvgIpc) is 4.15. The number of ether oxygens (including phenoxy) is 1. The summed E-state index contributed by atoms with van der Waals surface area (Å²) >= 11 is -1.87. The zero-order valence-corrected chi connectivity index (χ0v) is 37.2. The number of fused-ring (bicyclic) bond motifs is 2. The second-order valence-corrected chi connectivity index (χ2v) is 23.7. The molecule has 0 amide bonds. The molecule has 2 saturated carbocycles. The van der Waals surface area contributed by atoms with Crippen LogP contribution in [0.4, 0.5) is 20.2 Å². The van der Waals surface area contributed by atoms with Gasteiger partial charge in [-0.15, -0.1) is 0 Å². The zero-order valence-electron chi connectivity index (χ0n) is 35.3. The Hall–Kier alpha value is -5.12. The number of aromatic amines is 1. The van der Waals surface area contributed by atoms with Crippen LogP contribution in [0.25, 0.3) is 21.8 Å². The van der Waals surface area contributed by atoms with Gasteiger partial charge in [-0.1, -0.05) is 0 Å². The minimum atomic E-state index is -1.87. The third-order valence-corrected chi connectivity index (χ3v) is 19.7. The van der Waals surface area contributed by atoms with E-state index in [1.54, 1.807) is 11.5 Å². The molecule has 0 bridgehead atoms. The summed E-state index contributed by atoms with van der Waals surface area (Å²) in [5.74, 6) is 4.42. The number of nitriles is 2. The summed E-state index contributed by atoms with van der Waals surface area (Å²) in [6.45, 7) is 9.15. The number of methoxy groups -OCH3 is 1. The van der Waals surface area contributed by atoms with Crippen molar-refractivity contribution < 1.29 is 13.5 Å². The normalized spacial score (nSPS) is 23.0. The molecule has 15 nitrogen and oxygen atoms in total. The monoisotopic (exact) mass is 902 g/mol. The van der Waals surface area contributed by atoms with Crippen molar-refractivity contribution in [1.29, 1.82) is 10.5 Å². The fourth-order valence-corrected chi connectivity index (χ4v) is 16.2. The van der Waals surface area contributed by atoms with Gasteiger partial charge in [0, 0.05) is 6.04 Å². The van der Waals surface area contributed by atoms with Crippen molar-refractivity contribution in [2.75, 3.05) is 62.0 Å². The third kappa shape index (κ3) is 7.62. The Balaban J connectivity index is 0.948. The molecule has 0 spiro atoms. The molecule has 4 N–H and O–H groups in total. The van der Waals surface area contributed by atoms with Crippen LogP contribution < -0.4 is 48.2 Å². The van der Waals surface area contributed by atoms with Gasteiger partial charge in [-0.2, -0.15) is 0 Å². The first-order valence-corrected chi connectivity index (χ1v) is 25.3. The molecule has 4 heterocycles. The summed E-state index contributed by atoms with van der Waals surface area (Å²) in [6, 6.07) is 7.10. The van der Waals surface area contributed by atoms with E-state index >= 15 is 8.78 Å². The molecule has 324 valence electrons. The van der Waals surface area contributed by atoms with Crippen molar-refractivity contribution in [1.82, 2.24) is 24.1 Å². The number of nitrogens with one attached hydrogen (secondary N) is 2. The van der Waals surface area contributed by atoms with E-state index in [2.05, 4.69) is 42.0 Å². The Morgan fingerprint density at radius 3 is 2.20 bits per heavy atom. The zero-order chi connectivity index (χ0) is 43.7. The standard InChI is InChI=1S/C43H53AsF2N10O5/c1-24-33-28(38(57)51-40(59)54(33)26-6-7-26)16-31(45)34(24)52-15-12-43(3,23-52)21-50-19-25(18-48)30(10-13-47)44(4)20-42(2)11-14-53(22-42)36-32(46)17-29-35(37(36)61-5)55(27-8-9-27)41(60)56(49)39(29)58/h16-17,25-27,30,50H,6-12,14-15,19-23,49H2,1-5H3,(H,51,57,59). The van der Waals surface area contributed by atoms with Crippen LogP contribution in [0.2, 0.25) is 15.6 Å². The number of nitrogen functional groups attached to an aromatic ring is 1. The molecule has 4 aromatic rings. The molecule has 2 aliphatic heterocycles. The van der Waals surface area contributed by atoms with E-state index in [4.69, 9.17) is 10.6 Å². The van der Waals surface area contributed by atoms with Crippen molar-refractivity contribution in [3.63, 3.8) is 0 Å². The van der Waals surface area contributed by atoms with E-state index in [1.165, 1.54) is 17.7 Å². The van der Waals surface area contributed by atoms with Gasteiger partial charge < -0.3 is 0 Å². The van der Waals surface area contributed by atoms with Crippen molar-refractivity contribution in [2.24, 2.45) is 16.7 Å². The molecule has 2 aromatic heterocycles. The predicted octanol–water partition coefficient (Wildman–Crippen LogP) is 4.42. The maximum atomic E-state index is 16.1. The van der Waals surface area contributed by atoms with E-state index in [-0.39, 0.29) is 61.8 Å². The summed E-state index contributed by atoms with van der Waals surface area (Å²) in [4.78, 5) is 58.1. The van der Waals surface area contributed by atoms with E-state index in [9.17, 15) is 29.7 Å². The van der Waals surface area contributed by atoms with Crippen LogP contribution in [0.15, 0.2) is 31.3 Å². The van der Waals surface area contributed by atoms with Gasteiger partial charge >= 0.3 is 318 Å². The quantitative estimate of drug-likeness (QED) is 0.120. The summed E-state index contributed by atoms with van der Waals surface area (Å²) < 4.78 is 41.2. The number of H-pyrrole nitrogens is 1. The Morgan fingerprint density at radius 1 is 0.951 bits per heavy atom. The van der Waals surface area contributed by atoms with Crippen molar-refractivity contribution in [3.8, 4) is 17.9 Å². The average molecular weight is 903 g/mol.